The summed E-state index contributed by atoms with van der Waals surface area (Å²) in [5.74, 6) is 0.624. The lowest BCUT2D eigenvalue weighted by molar-refractivity contribution is -0.131. The average molecular weight is 356 g/mol. The Bertz CT molecular complexity index is 742. The van der Waals surface area contributed by atoms with Gasteiger partial charge in [-0.25, -0.2) is 0 Å². The Balaban J connectivity index is 1.71. The molecule has 0 atom stereocenters. The van der Waals surface area contributed by atoms with E-state index in [2.05, 4.69) is 24.7 Å². The van der Waals surface area contributed by atoms with E-state index in [0.29, 0.717) is 11.5 Å². The third-order valence-corrected chi connectivity index (χ3v) is 3.63. The molecule has 0 aliphatic heterocycles. The van der Waals surface area contributed by atoms with Crippen molar-refractivity contribution >= 4 is 11.8 Å². The number of carbonyl (C=O) groups is 2. The summed E-state index contributed by atoms with van der Waals surface area (Å²) in [6, 6.07) is 14.9. The predicted molar refractivity (Wildman–Crippen MR) is 99.0 cm³/mol. The van der Waals surface area contributed by atoms with Gasteiger partial charge in [0.2, 0.25) is 0 Å². The van der Waals surface area contributed by atoms with Crippen molar-refractivity contribution < 1.29 is 19.1 Å². The highest BCUT2D eigenvalue weighted by molar-refractivity contribution is 5.83. The van der Waals surface area contributed by atoms with E-state index in [9.17, 15) is 9.59 Å². The Hall–Kier alpha value is -3.02. The molecule has 0 radical (unpaired) electrons. The summed E-state index contributed by atoms with van der Waals surface area (Å²) in [5.41, 5.74) is 6.73. The highest BCUT2D eigenvalue weighted by Gasteiger charge is 2.10. The molecule has 0 saturated heterocycles. The van der Waals surface area contributed by atoms with E-state index in [4.69, 9.17) is 9.47 Å². The molecule has 26 heavy (non-hydrogen) atoms. The fourth-order valence-corrected chi connectivity index (χ4v) is 2.23. The Morgan fingerprint density at radius 3 is 2.08 bits per heavy atom. The molecule has 0 fully saturated rings. The smallest absolute Gasteiger partial charge is 0.276 e. The van der Waals surface area contributed by atoms with Gasteiger partial charge in [0.25, 0.3) is 11.8 Å². The summed E-state index contributed by atoms with van der Waals surface area (Å²) < 4.78 is 10.9. The molecular formula is C20H24N2O4. The quantitative estimate of drug-likeness (QED) is 0.748. The fourth-order valence-electron chi connectivity index (χ4n) is 2.23. The Labute approximate surface area is 153 Å². The summed E-state index contributed by atoms with van der Waals surface area (Å²) in [7, 11) is 0. The number of rotatable bonds is 7. The van der Waals surface area contributed by atoms with Crippen LogP contribution in [-0.4, -0.2) is 25.0 Å². The lowest BCUT2D eigenvalue weighted by Gasteiger charge is -2.14. The van der Waals surface area contributed by atoms with Crippen molar-refractivity contribution in [3.8, 4) is 11.5 Å². The molecule has 0 aromatic heterocycles. The molecule has 0 aliphatic carbocycles. The molecule has 2 aromatic rings. The van der Waals surface area contributed by atoms with E-state index in [0.717, 1.165) is 11.1 Å². The van der Waals surface area contributed by atoms with Crippen LogP contribution in [0.15, 0.2) is 48.5 Å². The number of hydrogen-bond acceptors (Lipinski definition) is 4. The van der Waals surface area contributed by atoms with Gasteiger partial charge < -0.3 is 9.47 Å². The number of carbonyl (C=O) groups excluding carboxylic acids is 2. The van der Waals surface area contributed by atoms with Gasteiger partial charge >= 0.3 is 0 Å². The SMILES string of the molecule is Cc1ccc(OCC(=O)NNC(=O)COc2ccccc2C(C)C)cc1. The predicted octanol–water partition coefficient (Wildman–Crippen LogP) is 2.72. The van der Waals surface area contributed by atoms with Crippen LogP contribution < -0.4 is 20.3 Å². The van der Waals surface area contributed by atoms with Gasteiger partial charge in [-0.2, -0.15) is 0 Å². The maximum absolute atomic E-state index is 11.8. The van der Waals surface area contributed by atoms with Crippen molar-refractivity contribution in [2.24, 2.45) is 0 Å². The van der Waals surface area contributed by atoms with Crippen LogP contribution in [0.1, 0.15) is 30.9 Å². The van der Waals surface area contributed by atoms with Crippen LogP contribution in [0.25, 0.3) is 0 Å². The molecule has 2 N–H and O–H groups in total. The lowest BCUT2D eigenvalue weighted by Crippen LogP contribution is -2.45. The first-order valence-corrected chi connectivity index (χ1v) is 8.44. The molecular weight excluding hydrogens is 332 g/mol. The van der Waals surface area contributed by atoms with Crippen LogP contribution in [-0.2, 0) is 9.59 Å². The number of hydrogen-bond donors (Lipinski definition) is 2. The molecule has 2 aromatic carbocycles. The van der Waals surface area contributed by atoms with Crippen LogP contribution in [0, 0.1) is 6.92 Å². The van der Waals surface area contributed by atoms with Crippen molar-refractivity contribution in [1.82, 2.24) is 10.9 Å². The number of para-hydroxylation sites is 1. The zero-order valence-electron chi connectivity index (χ0n) is 15.2. The van der Waals surface area contributed by atoms with E-state index in [1.165, 1.54) is 0 Å². The highest BCUT2D eigenvalue weighted by Crippen LogP contribution is 2.25. The van der Waals surface area contributed by atoms with E-state index >= 15 is 0 Å². The van der Waals surface area contributed by atoms with Crippen molar-refractivity contribution in [2.45, 2.75) is 26.7 Å². The topological polar surface area (TPSA) is 76.7 Å². The second kappa shape index (κ2) is 9.46. The van der Waals surface area contributed by atoms with Crippen LogP contribution in [0.5, 0.6) is 11.5 Å². The molecule has 0 unspecified atom stereocenters. The molecule has 0 spiro atoms. The summed E-state index contributed by atoms with van der Waals surface area (Å²) in [5, 5.41) is 0. The van der Waals surface area contributed by atoms with Gasteiger partial charge in [0.15, 0.2) is 13.2 Å². The van der Waals surface area contributed by atoms with E-state index in [1.54, 1.807) is 12.1 Å². The number of ether oxygens (including phenoxy) is 2. The average Bonchev–Trinajstić information content (AvgIpc) is 2.64. The molecule has 2 rings (SSSR count). The maximum atomic E-state index is 11.8. The highest BCUT2D eigenvalue weighted by atomic mass is 16.5. The third-order valence-electron chi connectivity index (χ3n) is 3.63. The Kier molecular flexibility index (Phi) is 7.02. The van der Waals surface area contributed by atoms with Crippen molar-refractivity contribution in [2.75, 3.05) is 13.2 Å². The van der Waals surface area contributed by atoms with Gasteiger partial charge in [-0.3, -0.25) is 20.4 Å². The number of benzene rings is 2. The van der Waals surface area contributed by atoms with Gasteiger partial charge in [0, 0.05) is 0 Å². The van der Waals surface area contributed by atoms with Crippen LogP contribution in [0.3, 0.4) is 0 Å². The van der Waals surface area contributed by atoms with Gasteiger partial charge in [-0.15, -0.1) is 0 Å². The van der Waals surface area contributed by atoms with Gasteiger partial charge in [-0.1, -0.05) is 49.7 Å². The second-order valence-electron chi connectivity index (χ2n) is 6.18. The summed E-state index contributed by atoms with van der Waals surface area (Å²) >= 11 is 0. The number of amides is 2. The Morgan fingerprint density at radius 1 is 0.885 bits per heavy atom. The minimum Gasteiger partial charge on any atom is -0.484 e. The monoisotopic (exact) mass is 356 g/mol. The summed E-state index contributed by atoms with van der Waals surface area (Å²) in [4.78, 5) is 23.5. The summed E-state index contributed by atoms with van der Waals surface area (Å²) in [6.07, 6.45) is 0. The minimum absolute atomic E-state index is 0.192. The minimum atomic E-state index is -0.457. The first kappa shape index (κ1) is 19.3. The molecule has 138 valence electrons. The molecule has 0 bridgehead atoms. The van der Waals surface area contributed by atoms with Crippen LogP contribution in [0.2, 0.25) is 0 Å². The normalized spacial score (nSPS) is 10.3. The van der Waals surface area contributed by atoms with E-state index < -0.39 is 11.8 Å². The number of aryl methyl sites for hydroxylation is 1. The van der Waals surface area contributed by atoms with Crippen LogP contribution in [0.4, 0.5) is 0 Å². The molecule has 0 aliphatic rings. The summed E-state index contributed by atoms with van der Waals surface area (Å²) in [6.45, 7) is 5.68. The Morgan fingerprint density at radius 2 is 1.46 bits per heavy atom. The molecule has 0 saturated carbocycles. The zero-order valence-corrected chi connectivity index (χ0v) is 15.2. The molecule has 6 heteroatoms. The fraction of sp³-hybridized carbons (Fsp3) is 0.300. The van der Waals surface area contributed by atoms with E-state index in [1.807, 2.05) is 43.3 Å². The zero-order chi connectivity index (χ0) is 18.9. The van der Waals surface area contributed by atoms with Gasteiger partial charge in [-0.05, 0) is 36.6 Å². The number of hydrazine groups is 1. The van der Waals surface area contributed by atoms with Crippen molar-refractivity contribution in [3.63, 3.8) is 0 Å². The van der Waals surface area contributed by atoms with Gasteiger partial charge in [0.1, 0.15) is 11.5 Å². The first-order valence-electron chi connectivity index (χ1n) is 8.44. The lowest BCUT2D eigenvalue weighted by atomic mass is 10.0. The largest absolute Gasteiger partial charge is 0.484 e. The standard InChI is InChI=1S/C20H24N2O4/c1-14(2)17-6-4-5-7-18(17)26-13-20(24)22-21-19(23)12-25-16-10-8-15(3)9-11-16/h4-11,14H,12-13H2,1-3H3,(H,21,23)(H,22,24). The first-order chi connectivity index (χ1) is 12.5. The number of nitrogens with one attached hydrogen (secondary N) is 2. The van der Waals surface area contributed by atoms with Crippen molar-refractivity contribution in [3.05, 3.63) is 59.7 Å². The maximum Gasteiger partial charge on any atom is 0.276 e. The van der Waals surface area contributed by atoms with Gasteiger partial charge in [0.05, 0.1) is 0 Å². The van der Waals surface area contributed by atoms with Crippen molar-refractivity contribution in [1.29, 1.82) is 0 Å². The molecule has 0 heterocycles. The third kappa shape index (κ3) is 6.12. The second-order valence-corrected chi connectivity index (χ2v) is 6.18. The molecule has 2 amide bonds. The molecule has 6 nitrogen and oxygen atoms in total. The van der Waals surface area contributed by atoms with Crippen LogP contribution >= 0.6 is 0 Å². The van der Waals surface area contributed by atoms with E-state index in [-0.39, 0.29) is 19.1 Å².